The van der Waals surface area contributed by atoms with Crippen LogP contribution in [0.3, 0.4) is 0 Å². The Morgan fingerprint density at radius 3 is 2.08 bits per heavy atom. The van der Waals surface area contributed by atoms with Gasteiger partial charge in [-0.2, -0.15) is 8.42 Å². The summed E-state index contributed by atoms with van der Waals surface area (Å²) < 4.78 is 37.7. The maximum atomic E-state index is 10.6. The van der Waals surface area contributed by atoms with Gasteiger partial charge in [0, 0.05) is 6.26 Å². The van der Waals surface area contributed by atoms with E-state index in [-0.39, 0.29) is 0 Å². The van der Waals surface area contributed by atoms with Crippen LogP contribution in [0.5, 0.6) is 0 Å². The summed E-state index contributed by atoms with van der Waals surface area (Å²) in [4.78, 5) is 0. The maximum Gasteiger partial charge on any atom is 0.335 e. The van der Waals surface area contributed by atoms with E-state index in [2.05, 4.69) is 5.32 Å². The second kappa shape index (κ2) is 9.82. The molecule has 0 unspecified atom stereocenters. The van der Waals surface area contributed by atoms with Crippen LogP contribution < -0.4 is 5.32 Å². The lowest BCUT2D eigenvalue weighted by Gasteiger charge is -1.98. The Hall–Kier alpha value is -0.270. The van der Waals surface area contributed by atoms with E-state index in [1.807, 2.05) is 6.92 Å². The molecule has 0 rings (SSSR count). The number of nitrogens with one attached hydrogen (secondary N) is 1. The highest BCUT2D eigenvalue weighted by atomic mass is 32.2. The minimum atomic E-state index is -2.74. The van der Waals surface area contributed by atoms with Crippen molar-refractivity contribution in [3.63, 3.8) is 0 Å². The first-order chi connectivity index (χ1) is 5.97. The summed E-state index contributed by atoms with van der Waals surface area (Å²) in [5.74, 6) is 0.292. The van der Waals surface area contributed by atoms with Crippen molar-refractivity contribution in [3.05, 3.63) is 0 Å². The smallest absolute Gasteiger partial charge is 0.317 e. The van der Waals surface area contributed by atoms with Crippen LogP contribution in [0.15, 0.2) is 0 Å². The van der Waals surface area contributed by atoms with Crippen molar-refractivity contribution in [2.75, 3.05) is 25.1 Å². The fraction of sp³-hybridized carbons (Fsp3) is 1.00. The van der Waals surface area contributed by atoms with Crippen molar-refractivity contribution in [2.45, 2.75) is 13.3 Å². The summed E-state index contributed by atoms with van der Waals surface area (Å²) in [5.41, 5.74) is 0. The molecule has 0 heterocycles. The maximum absolute atomic E-state index is 10.6. The van der Waals surface area contributed by atoms with E-state index in [9.17, 15) is 8.42 Å². The predicted octanol–water partition coefficient (Wildman–Crippen LogP) is -0.640. The molecule has 5 nitrogen and oxygen atoms in total. The fourth-order valence-corrected chi connectivity index (χ4v) is 1.30. The third kappa shape index (κ3) is 24.5. The van der Waals surface area contributed by atoms with Gasteiger partial charge < -0.3 is 5.32 Å². The molecule has 0 aliphatic carbocycles. The molecule has 0 aromatic carbocycles. The van der Waals surface area contributed by atoms with Gasteiger partial charge in [0.05, 0.1) is 5.75 Å². The molecule has 0 amide bonds. The zero-order chi connectivity index (χ0) is 10.7. The van der Waals surface area contributed by atoms with Gasteiger partial charge in [-0.25, -0.2) is 8.42 Å². The first kappa shape index (κ1) is 15.2. The molecule has 13 heavy (non-hydrogen) atoms. The lowest BCUT2D eigenvalue weighted by molar-refractivity contribution is 0.595. The van der Waals surface area contributed by atoms with E-state index in [4.69, 9.17) is 8.42 Å². The van der Waals surface area contributed by atoms with Crippen molar-refractivity contribution in [3.8, 4) is 0 Å². The Kier molecular flexibility index (Phi) is 11.5. The van der Waals surface area contributed by atoms with Gasteiger partial charge in [0.15, 0.2) is 0 Å². The Morgan fingerprint density at radius 2 is 1.77 bits per heavy atom. The molecule has 7 heteroatoms. The van der Waals surface area contributed by atoms with Gasteiger partial charge in [-0.3, -0.25) is 0 Å². The normalized spacial score (nSPS) is 10.0. The molecule has 0 aromatic heterocycles. The molecule has 0 saturated heterocycles. The van der Waals surface area contributed by atoms with Crippen LogP contribution >= 0.6 is 0 Å². The predicted molar refractivity (Wildman–Crippen MR) is 51.8 cm³/mol. The second-order valence-corrected chi connectivity index (χ2v) is 4.80. The molecule has 80 valence electrons. The summed E-state index contributed by atoms with van der Waals surface area (Å²) in [6, 6.07) is 0. The van der Waals surface area contributed by atoms with Crippen LogP contribution in [0.25, 0.3) is 0 Å². The van der Waals surface area contributed by atoms with Crippen molar-refractivity contribution in [1.82, 2.24) is 5.32 Å². The van der Waals surface area contributed by atoms with Gasteiger partial charge in [-0.15, -0.1) is 0 Å². The molecule has 0 spiro atoms. The van der Waals surface area contributed by atoms with Crippen molar-refractivity contribution in [1.29, 1.82) is 0 Å². The van der Waals surface area contributed by atoms with Crippen LogP contribution in [0, 0.1) is 0 Å². The Morgan fingerprint density at radius 1 is 1.31 bits per heavy atom. The number of rotatable bonds is 5. The second-order valence-electron chi connectivity index (χ2n) is 2.41. The molecule has 1 N–H and O–H groups in total. The number of sulfone groups is 1. The van der Waals surface area contributed by atoms with E-state index < -0.39 is 21.4 Å². The molecule has 0 aromatic rings. The molecular formula is C6H15NO4S2. The zero-order valence-electron chi connectivity index (χ0n) is 7.78. The standard InChI is InChI=1S/C6H15NO2S.O2S/c1-3-7-5-4-6-10(2,8)9;1-3-2/h7H,3-6H2,1-2H3;. The topological polar surface area (TPSA) is 80.3 Å². The first-order valence-corrected chi connectivity index (χ1v) is 6.50. The van der Waals surface area contributed by atoms with Crippen molar-refractivity contribution >= 4 is 21.4 Å². The lowest BCUT2D eigenvalue weighted by atomic mass is 10.5. The highest BCUT2D eigenvalue weighted by Crippen LogP contribution is 1.85. The molecule has 0 radical (unpaired) electrons. The van der Waals surface area contributed by atoms with Gasteiger partial charge in [0.1, 0.15) is 9.84 Å². The van der Waals surface area contributed by atoms with Crippen molar-refractivity contribution < 1.29 is 16.8 Å². The first-order valence-electron chi connectivity index (χ1n) is 3.78. The quantitative estimate of drug-likeness (QED) is 0.634. The summed E-state index contributed by atoms with van der Waals surface area (Å²) in [6.45, 7) is 3.70. The van der Waals surface area contributed by atoms with Gasteiger partial charge in [-0.05, 0) is 19.5 Å². The molecular weight excluding hydrogens is 214 g/mol. The van der Waals surface area contributed by atoms with E-state index in [1.165, 1.54) is 6.26 Å². The SMILES string of the molecule is CCNCCCS(C)(=O)=O.O=S=O. The number of hydrogen-bond acceptors (Lipinski definition) is 5. The summed E-state index contributed by atoms with van der Waals surface area (Å²) in [7, 11) is -2.74. The Bertz CT molecular complexity index is 231. The van der Waals surface area contributed by atoms with Crippen LogP contribution in [0.1, 0.15) is 13.3 Å². The molecule has 0 saturated carbocycles. The third-order valence-electron chi connectivity index (χ3n) is 1.12. The van der Waals surface area contributed by atoms with Gasteiger partial charge in [0.25, 0.3) is 0 Å². The molecule has 0 fully saturated rings. The Balaban J connectivity index is 0. The van der Waals surface area contributed by atoms with Gasteiger partial charge in [0.2, 0.25) is 0 Å². The highest BCUT2D eigenvalue weighted by Gasteiger charge is 1.99. The fourth-order valence-electron chi connectivity index (χ4n) is 0.636. The average molecular weight is 229 g/mol. The largest absolute Gasteiger partial charge is 0.335 e. The average Bonchev–Trinajstić information content (AvgIpc) is 1.98. The summed E-state index contributed by atoms with van der Waals surface area (Å²) in [5, 5.41) is 3.06. The monoisotopic (exact) mass is 229 g/mol. The van der Waals surface area contributed by atoms with Crippen LogP contribution in [-0.2, 0) is 21.4 Å². The van der Waals surface area contributed by atoms with Crippen LogP contribution in [-0.4, -0.2) is 41.9 Å². The van der Waals surface area contributed by atoms with E-state index in [0.29, 0.717) is 12.2 Å². The van der Waals surface area contributed by atoms with E-state index in [0.717, 1.165) is 13.1 Å². The number of hydrogen-bond donors (Lipinski definition) is 1. The van der Waals surface area contributed by atoms with Crippen molar-refractivity contribution in [2.24, 2.45) is 0 Å². The van der Waals surface area contributed by atoms with E-state index in [1.54, 1.807) is 0 Å². The minimum absolute atomic E-state index is 0.292. The van der Waals surface area contributed by atoms with E-state index >= 15 is 0 Å². The Labute approximate surface area is 82.4 Å². The van der Waals surface area contributed by atoms with Gasteiger partial charge in [-0.1, -0.05) is 6.92 Å². The van der Waals surface area contributed by atoms with Gasteiger partial charge >= 0.3 is 11.6 Å². The minimum Gasteiger partial charge on any atom is -0.317 e. The molecule has 0 aliphatic heterocycles. The third-order valence-corrected chi connectivity index (χ3v) is 2.15. The molecule has 0 atom stereocenters. The molecule has 0 bridgehead atoms. The highest BCUT2D eigenvalue weighted by molar-refractivity contribution is 7.90. The molecule has 0 aliphatic rings. The van der Waals surface area contributed by atoms with Crippen LogP contribution in [0.2, 0.25) is 0 Å². The summed E-state index contributed by atoms with van der Waals surface area (Å²) >= 11 is -0.750. The van der Waals surface area contributed by atoms with Crippen LogP contribution in [0.4, 0.5) is 0 Å². The lowest BCUT2D eigenvalue weighted by Crippen LogP contribution is -2.17. The summed E-state index contributed by atoms with van der Waals surface area (Å²) in [6.07, 6.45) is 1.98. The zero-order valence-corrected chi connectivity index (χ0v) is 9.41.